The van der Waals surface area contributed by atoms with Crippen LogP contribution in [-0.2, 0) is 17.6 Å². The van der Waals surface area contributed by atoms with E-state index in [-0.39, 0.29) is 24.4 Å². The van der Waals surface area contributed by atoms with Crippen molar-refractivity contribution in [1.82, 2.24) is 10.6 Å². The molecule has 1 heterocycles. The lowest BCUT2D eigenvalue weighted by Gasteiger charge is -2.25. The third-order valence-electron chi connectivity index (χ3n) is 4.92. The second-order valence-electron chi connectivity index (χ2n) is 6.67. The lowest BCUT2D eigenvalue weighted by Crippen LogP contribution is -2.38. The number of carbonyl (C=O) groups is 3. The number of carbonyl (C=O) groups excluding carboxylic acids is 3. The highest BCUT2D eigenvalue weighted by atomic mass is 16.2. The Labute approximate surface area is 151 Å². The number of fused-ring (bicyclic) bond motifs is 1. The van der Waals surface area contributed by atoms with Crippen molar-refractivity contribution in [3.63, 3.8) is 0 Å². The molecule has 0 bridgehead atoms. The van der Waals surface area contributed by atoms with Gasteiger partial charge in [-0.3, -0.25) is 19.8 Å². The molecule has 0 saturated carbocycles. The first-order valence-corrected chi connectivity index (χ1v) is 8.69. The molecule has 0 unspecified atom stereocenters. The number of imide groups is 1. The third kappa shape index (κ3) is 3.18. The molecule has 1 fully saturated rings. The van der Waals surface area contributed by atoms with Crippen LogP contribution in [-0.4, -0.2) is 30.4 Å². The van der Waals surface area contributed by atoms with Crippen LogP contribution in [0.25, 0.3) is 0 Å². The molecule has 2 aromatic carbocycles. The van der Waals surface area contributed by atoms with Gasteiger partial charge in [0.2, 0.25) is 5.91 Å². The van der Waals surface area contributed by atoms with Gasteiger partial charge in [0, 0.05) is 17.3 Å². The Morgan fingerprint density at radius 2 is 1.77 bits per heavy atom. The standard InChI is InChI=1S/C20H19N3O3/c24-18-12-23(20(26)22-18)17-9-6-14(7-10-17)19(25)21-16-8-5-13-3-1-2-4-15(13)11-16/h1-4,6-7,9-10,16H,5,8,11-12H2,(H,21,25)(H,22,24,26)/t16-/m0/s1. The van der Waals surface area contributed by atoms with E-state index >= 15 is 0 Å². The zero-order chi connectivity index (χ0) is 18.1. The Morgan fingerprint density at radius 3 is 2.46 bits per heavy atom. The van der Waals surface area contributed by atoms with E-state index in [4.69, 9.17) is 0 Å². The molecule has 1 aliphatic heterocycles. The van der Waals surface area contributed by atoms with Gasteiger partial charge in [-0.15, -0.1) is 0 Å². The maximum Gasteiger partial charge on any atom is 0.329 e. The lowest BCUT2D eigenvalue weighted by molar-refractivity contribution is -0.117. The zero-order valence-electron chi connectivity index (χ0n) is 14.2. The average molecular weight is 349 g/mol. The van der Waals surface area contributed by atoms with Gasteiger partial charge < -0.3 is 5.32 Å². The van der Waals surface area contributed by atoms with Crippen molar-refractivity contribution in [1.29, 1.82) is 0 Å². The van der Waals surface area contributed by atoms with E-state index < -0.39 is 6.03 Å². The molecule has 0 aromatic heterocycles. The number of nitrogens with one attached hydrogen (secondary N) is 2. The minimum Gasteiger partial charge on any atom is -0.349 e. The summed E-state index contributed by atoms with van der Waals surface area (Å²) in [6.07, 6.45) is 2.74. The number of amides is 4. The highest BCUT2D eigenvalue weighted by molar-refractivity contribution is 6.12. The Morgan fingerprint density at radius 1 is 1.04 bits per heavy atom. The maximum atomic E-state index is 12.5. The Kier molecular flexibility index (Phi) is 4.16. The number of hydrogen-bond donors (Lipinski definition) is 2. The average Bonchev–Trinajstić information content (AvgIpc) is 3.00. The summed E-state index contributed by atoms with van der Waals surface area (Å²) < 4.78 is 0. The molecule has 0 radical (unpaired) electrons. The van der Waals surface area contributed by atoms with Crippen molar-refractivity contribution in [2.75, 3.05) is 11.4 Å². The molecule has 2 aromatic rings. The number of benzene rings is 2. The molecule has 1 aliphatic carbocycles. The number of aryl methyl sites for hydroxylation is 1. The topological polar surface area (TPSA) is 78.5 Å². The van der Waals surface area contributed by atoms with Crippen LogP contribution >= 0.6 is 0 Å². The highest BCUT2D eigenvalue weighted by Gasteiger charge is 2.28. The molecule has 132 valence electrons. The first-order valence-electron chi connectivity index (χ1n) is 8.69. The maximum absolute atomic E-state index is 12.5. The second kappa shape index (κ2) is 6.63. The van der Waals surface area contributed by atoms with Crippen molar-refractivity contribution in [2.24, 2.45) is 0 Å². The van der Waals surface area contributed by atoms with E-state index in [1.54, 1.807) is 24.3 Å². The molecule has 2 aliphatic rings. The summed E-state index contributed by atoms with van der Waals surface area (Å²) in [4.78, 5) is 36.8. The van der Waals surface area contributed by atoms with Gasteiger partial charge in [-0.1, -0.05) is 24.3 Å². The van der Waals surface area contributed by atoms with E-state index in [0.717, 1.165) is 19.3 Å². The molecule has 26 heavy (non-hydrogen) atoms. The van der Waals surface area contributed by atoms with Gasteiger partial charge in [0.05, 0.1) is 0 Å². The van der Waals surface area contributed by atoms with Gasteiger partial charge in [-0.05, 0) is 54.7 Å². The Balaban J connectivity index is 1.41. The fourth-order valence-electron chi connectivity index (χ4n) is 3.53. The third-order valence-corrected chi connectivity index (χ3v) is 4.92. The summed E-state index contributed by atoms with van der Waals surface area (Å²) in [6, 6.07) is 14.7. The molecule has 6 nitrogen and oxygen atoms in total. The van der Waals surface area contributed by atoms with Crippen molar-refractivity contribution in [2.45, 2.75) is 25.3 Å². The lowest BCUT2D eigenvalue weighted by atomic mass is 9.88. The first-order chi connectivity index (χ1) is 12.6. The highest BCUT2D eigenvalue weighted by Crippen LogP contribution is 2.22. The normalized spacial score (nSPS) is 19.1. The van der Waals surface area contributed by atoms with Crippen molar-refractivity contribution in [3.05, 3.63) is 65.2 Å². The van der Waals surface area contributed by atoms with Gasteiger partial charge in [-0.2, -0.15) is 0 Å². The zero-order valence-corrected chi connectivity index (χ0v) is 14.2. The van der Waals surface area contributed by atoms with Gasteiger partial charge in [0.1, 0.15) is 6.54 Å². The van der Waals surface area contributed by atoms with Gasteiger partial charge >= 0.3 is 6.03 Å². The van der Waals surface area contributed by atoms with Crippen LogP contribution in [0.15, 0.2) is 48.5 Å². The summed E-state index contributed by atoms with van der Waals surface area (Å²) in [7, 11) is 0. The summed E-state index contributed by atoms with van der Waals surface area (Å²) in [5.41, 5.74) is 3.79. The molecule has 4 rings (SSSR count). The Hall–Kier alpha value is -3.15. The molecule has 2 N–H and O–H groups in total. The molecule has 6 heteroatoms. The fourth-order valence-corrected chi connectivity index (χ4v) is 3.53. The van der Waals surface area contributed by atoms with Crippen LogP contribution in [0.2, 0.25) is 0 Å². The minimum absolute atomic E-state index is 0.00581. The van der Waals surface area contributed by atoms with Gasteiger partial charge in [0.15, 0.2) is 0 Å². The van der Waals surface area contributed by atoms with Crippen molar-refractivity contribution >= 4 is 23.5 Å². The minimum atomic E-state index is -0.437. The Bertz CT molecular complexity index is 876. The summed E-state index contributed by atoms with van der Waals surface area (Å²) >= 11 is 0. The van der Waals surface area contributed by atoms with Crippen molar-refractivity contribution < 1.29 is 14.4 Å². The summed E-state index contributed by atoms with van der Waals surface area (Å²) in [5, 5.41) is 5.33. The van der Waals surface area contributed by atoms with Crippen LogP contribution in [0.4, 0.5) is 10.5 Å². The fraction of sp³-hybridized carbons (Fsp3) is 0.250. The van der Waals surface area contributed by atoms with E-state index in [9.17, 15) is 14.4 Å². The molecule has 1 saturated heterocycles. The first kappa shape index (κ1) is 16.3. The molecule has 4 amide bonds. The smallest absolute Gasteiger partial charge is 0.329 e. The predicted molar refractivity (Wildman–Crippen MR) is 97.0 cm³/mol. The molecular formula is C20H19N3O3. The van der Waals surface area contributed by atoms with Crippen LogP contribution in [0.5, 0.6) is 0 Å². The SMILES string of the molecule is O=C1CN(c2ccc(C(=O)N[C@H]3CCc4ccccc4C3)cc2)C(=O)N1. The van der Waals surface area contributed by atoms with Crippen LogP contribution in [0, 0.1) is 0 Å². The summed E-state index contributed by atoms with van der Waals surface area (Å²) in [5.74, 6) is -0.447. The number of anilines is 1. The van der Waals surface area contributed by atoms with Gasteiger partial charge in [-0.25, -0.2) is 4.79 Å². The van der Waals surface area contributed by atoms with Crippen LogP contribution in [0.3, 0.4) is 0 Å². The number of rotatable bonds is 3. The van der Waals surface area contributed by atoms with E-state index in [0.29, 0.717) is 11.3 Å². The quantitative estimate of drug-likeness (QED) is 0.832. The molecule has 1 atom stereocenters. The molecular weight excluding hydrogens is 330 g/mol. The number of urea groups is 1. The van der Waals surface area contributed by atoms with Crippen LogP contribution < -0.4 is 15.5 Å². The van der Waals surface area contributed by atoms with E-state index in [1.165, 1.54) is 16.0 Å². The van der Waals surface area contributed by atoms with Gasteiger partial charge in [0.25, 0.3) is 5.91 Å². The van der Waals surface area contributed by atoms with E-state index in [2.05, 4.69) is 22.8 Å². The largest absolute Gasteiger partial charge is 0.349 e. The second-order valence-corrected chi connectivity index (χ2v) is 6.67. The monoisotopic (exact) mass is 349 g/mol. The summed E-state index contributed by atoms with van der Waals surface area (Å²) in [6.45, 7) is 0.00581. The van der Waals surface area contributed by atoms with E-state index in [1.807, 2.05) is 12.1 Å². The number of nitrogens with zero attached hydrogens (tertiary/aromatic N) is 1. The van der Waals surface area contributed by atoms with Crippen molar-refractivity contribution in [3.8, 4) is 0 Å². The molecule has 0 spiro atoms. The number of hydrogen-bond acceptors (Lipinski definition) is 3. The predicted octanol–water partition coefficient (Wildman–Crippen LogP) is 2.03. The van der Waals surface area contributed by atoms with Crippen LogP contribution in [0.1, 0.15) is 27.9 Å².